The molecule has 0 spiro atoms. The molecule has 0 bridgehead atoms. The standard InChI is InChI=1S/C42H61O4P/c1-2-3-4-5-6-7-8-9-10-11-12-13-14-15-25-33-41(43)46-47(38-27-19-16-20-28-38,39-29-21-17-22-30-39,40-31-23-18-24-32-40)37-34-42-44-35-26-36-45-42/h16-24,27-32,42H,2-15,25-26,33-37H2,1H3. The van der Waals surface area contributed by atoms with Crippen molar-refractivity contribution in [2.24, 2.45) is 0 Å². The number of unbranched alkanes of at least 4 members (excludes halogenated alkanes) is 14. The molecule has 0 N–H and O–H groups in total. The molecule has 258 valence electrons. The van der Waals surface area contributed by atoms with E-state index in [1.165, 1.54) is 83.5 Å². The van der Waals surface area contributed by atoms with Crippen LogP contribution in [0.2, 0.25) is 0 Å². The fourth-order valence-electron chi connectivity index (χ4n) is 7.23. The van der Waals surface area contributed by atoms with Crippen molar-refractivity contribution in [3.05, 3.63) is 91.0 Å². The predicted molar refractivity (Wildman–Crippen MR) is 201 cm³/mol. The van der Waals surface area contributed by atoms with Crippen molar-refractivity contribution < 1.29 is 18.8 Å². The van der Waals surface area contributed by atoms with Gasteiger partial charge >= 0.3 is 241 Å². The first kappa shape index (κ1) is 37.3. The summed E-state index contributed by atoms with van der Waals surface area (Å²) in [4.78, 5) is 14.1. The number of ether oxygens (including phenoxy) is 2. The second kappa shape index (κ2) is 20.8. The average molecular weight is 661 g/mol. The van der Waals surface area contributed by atoms with Gasteiger partial charge in [-0.25, -0.2) is 0 Å². The van der Waals surface area contributed by atoms with Crippen molar-refractivity contribution in [3.8, 4) is 0 Å². The molecule has 1 aliphatic rings. The van der Waals surface area contributed by atoms with Gasteiger partial charge in [-0.2, -0.15) is 0 Å². The molecule has 1 heterocycles. The Morgan fingerprint density at radius 2 is 0.979 bits per heavy atom. The Labute approximate surface area is 286 Å². The first-order chi connectivity index (χ1) is 23.2. The zero-order valence-corrected chi connectivity index (χ0v) is 30.1. The summed E-state index contributed by atoms with van der Waals surface area (Å²) in [7, 11) is 0. The molecule has 3 aromatic rings. The molecule has 0 atom stereocenters. The summed E-state index contributed by atoms with van der Waals surface area (Å²) in [5.74, 6) is -0.112. The summed E-state index contributed by atoms with van der Waals surface area (Å²) in [6.45, 7) is -0.0942. The molecule has 0 radical (unpaired) electrons. The topological polar surface area (TPSA) is 44.8 Å². The fourth-order valence-corrected chi connectivity index (χ4v) is 13.0. The molecule has 47 heavy (non-hydrogen) atoms. The summed E-state index contributed by atoms with van der Waals surface area (Å²) >= 11 is 0. The normalized spacial score (nSPS) is 14.8. The van der Waals surface area contributed by atoms with Crippen LogP contribution in [0.15, 0.2) is 91.0 Å². The van der Waals surface area contributed by atoms with Crippen molar-refractivity contribution >= 4 is 28.7 Å². The van der Waals surface area contributed by atoms with Crippen LogP contribution in [-0.4, -0.2) is 31.6 Å². The third kappa shape index (κ3) is 10.7. The van der Waals surface area contributed by atoms with Crippen LogP contribution in [0, 0.1) is 0 Å². The maximum atomic E-state index is 14.1. The van der Waals surface area contributed by atoms with Crippen LogP contribution < -0.4 is 15.9 Å². The molecule has 1 aliphatic heterocycles. The quantitative estimate of drug-likeness (QED) is 0.0750. The Bertz CT molecular complexity index is 1140. The van der Waals surface area contributed by atoms with Gasteiger partial charge in [0.05, 0.1) is 0 Å². The van der Waals surface area contributed by atoms with E-state index in [0.717, 1.165) is 35.2 Å². The zero-order chi connectivity index (χ0) is 32.9. The van der Waals surface area contributed by atoms with E-state index in [-0.39, 0.29) is 12.3 Å². The van der Waals surface area contributed by atoms with Crippen LogP contribution in [0.1, 0.15) is 122 Å². The van der Waals surface area contributed by atoms with Crippen molar-refractivity contribution in [1.29, 1.82) is 0 Å². The molecule has 0 unspecified atom stereocenters. The minimum atomic E-state index is -3.77. The Hall–Kier alpha value is -2.52. The minimum absolute atomic E-state index is 0.112. The van der Waals surface area contributed by atoms with E-state index < -0.39 is 6.83 Å². The Morgan fingerprint density at radius 3 is 1.38 bits per heavy atom. The number of hydrogen-bond acceptors (Lipinski definition) is 4. The SMILES string of the molecule is CCCCCCCCCCCCCCCCCC(=O)OP(CCC1OCCCO1)(c1ccccc1)(c1ccccc1)c1ccccc1. The van der Waals surface area contributed by atoms with Gasteiger partial charge in [0.25, 0.3) is 0 Å². The molecular weight excluding hydrogens is 599 g/mol. The molecule has 0 amide bonds. The van der Waals surface area contributed by atoms with Gasteiger partial charge in [0, 0.05) is 0 Å². The molecule has 4 nitrogen and oxygen atoms in total. The van der Waals surface area contributed by atoms with E-state index in [2.05, 4.69) is 79.7 Å². The number of rotatable bonds is 23. The number of carbonyl (C=O) groups excluding carboxylic acids is 1. The summed E-state index contributed by atoms with van der Waals surface area (Å²) in [6.07, 6.45) is 21.8. The molecule has 1 fully saturated rings. The van der Waals surface area contributed by atoms with Gasteiger partial charge in [-0.05, 0) is 0 Å². The average Bonchev–Trinajstić information content (AvgIpc) is 3.13. The Morgan fingerprint density at radius 1 is 0.596 bits per heavy atom. The van der Waals surface area contributed by atoms with Crippen molar-refractivity contribution in [1.82, 2.24) is 0 Å². The summed E-state index contributed by atoms with van der Waals surface area (Å²) in [6, 6.07) is 31.4. The van der Waals surface area contributed by atoms with E-state index in [4.69, 9.17) is 14.0 Å². The first-order valence-electron chi connectivity index (χ1n) is 18.8. The fraction of sp³-hybridized carbons (Fsp3) is 0.548. The second-order valence-electron chi connectivity index (χ2n) is 13.4. The van der Waals surface area contributed by atoms with Crippen LogP contribution in [0.4, 0.5) is 0 Å². The van der Waals surface area contributed by atoms with Crippen LogP contribution in [0.3, 0.4) is 0 Å². The molecule has 0 saturated carbocycles. The van der Waals surface area contributed by atoms with Crippen molar-refractivity contribution in [2.45, 2.75) is 129 Å². The molecule has 0 aromatic heterocycles. The van der Waals surface area contributed by atoms with Crippen LogP contribution >= 0.6 is 6.83 Å². The van der Waals surface area contributed by atoms with Crippen LogP contribution in [-0.2, 0) is 18.8 Å². The molecular formula is C42H61O4P. The van der Waals surface area contributed by atoms with Gasteiger partial charge in [-0.1, -0.05) is 45.4 Å². The number of carbonyl (C=O) groups is 1. The first-order valence-corrected chi connectivity index (χ1v) is 21.2. The molecule has 3 aromatic carbocycles. The maximum absolute atomic E-state index is 14.1. The second-order valence-corrected chi connectivity index (χ2v) is 18.0. The number of hydrogen-bond donors (Lipinski definition) is 0. The number of benzene rings is 3. The van der Waals surface area contributed by atoms with Gasteiger partial charge in [0.2, 0.25) is 0 Å². The van der Waals surface area contributed by atoms with E-state index in [1.54, 1.807) is 0 Å². The third-order valence-corrected chi connectivity index (χ3v) is 15.8. The zero-order valence-electron chi connectivity index (χ0n) is 29.2. The Balaban J connectivity index is 1.40. The van der Waals surface area contributed by atoms with Crippen LogP contribution in [0.25, 0.3) is 0 Å². The van der Waals surface area contributed by atoms with E-state index >= 15 is 0 Å². The van der Waals surface area contributed by atoms with Gasteiger partial charge in [0.1, 0.15) is 0 Å². The summed E-state index contributed by atoms with van der Waals surface area (Å²) < 4.78 is 19.3. The Kier molecular flexibility index (Phi) is 16.5. The molecule has 4 rings (SSSR count). The van der Waals surface area contributed by atoms with Gasteiger partial charge < -0.3 is 0 Å². The van der Waals surface area contributed by atoms with Gasteiger partial charge in [-0.15, -0.1) is 0 Å². The molecule has 1 saturated heterocycles. The van der Waals surface area contributed by atoms with Gasteiger partial charge in [-0.3, -0.25) is 0 Å². The van der Waals surface area contributed by atoms with Crippen LogP contribution in [0.5, 0.6) is 0 Å². The van der Waals surface area contributed by atoms with E-state index in [1.807, 2.05) is 18.2 Å². The summed E-state index contributed by atoms with van der Waals surface area (Å²) in [5.41, 5.74) is 0. The molecule has 5 heteroatoms. The summed E-state index contributed by atoms with van der Waals surface area (Å²) in [5, 5.41) is 3.20. The van der Waals surface area contributed by atoms with E-state index in [9.17, 15) is 4.79 Å². The van der Waals surface area contributed by atoms with Crippen molar-refractivity contribution in [2.75, 3.05) is 19.4 Å². The van der Waals surface area contributed by atoms with Crippen molar-refractivity contribution in [3.63, 3.8) is 0 Å². The molecule has 0 aliphatic carbocycles. The monoisotopic (exact) mass is 660 g/mol. The van der Waals surface area contributed by atoms with Gasteiger partial charge in [0.15, 0.2) is 0 Å². The van der Waals surface area contributed by atoms with E-state index in [0.29, 0.717) is 32.2 Å². The third-order valence-electron chi connectivity index (χ3n) is 9.88. The predicted octanol–water partition coefficient (Wildman–Crippen LogP) is 10.4.